The van der Waals surface area contributed by atoms with Gasteiger partial charge in [-0.2, -0.15) is 0 Å². The maximum Gasteiger partial charge on any atom is 0.225 e. The molecule has 82 valence electrons. The van der Waals surface area contributed by atoms with E-state index < -0.39 is 0 Å². The molecule has 0 spiro atoms. The quantitative estimate of drug-likeness (QED) is 0.762. The van der Waals surface area contributed by atoms with Crippen LogP contribution in [-0.2, 0) is 11.3 Å². The smallest absolute Gasteiger partial charge is 0.225 e. The minimum atomic E-state index is 0.255. The topological polar surface area (TPSA) is 33.5 Å². The van der Waals surface area contributed by atoms with Crippen LogP contribution in [0.5, 0.6) is 0 Å². The molecule has 0 atom stereocenters. The third-order valence-electron chi connectivity index (χ3n) is 3.05. The van der Waals surface area contributed by atoms with Crippen LogP contribution in [-0.4, -0.2) is 17.9 Å². The highest BCUT2D eigenvalue weighted by atomic mass is 16.3. The fourth-order valence-electron chi connectivity index (χ4n) is 2.20. The zero-order chi connectivity index (χ0) is 10.7. The van der Waals surface area contributed by atoms with Crippen LogP contribution in [0.4, 0.5) is 0 Å². The first-order valence-electron chi connectivity index (χ1n) is 5.55. The summed E-state index contributed by atoms with van der Waals surface area (Å²) in [4.78, 5) is 13.7. The molecular weight excluding hydrogens is 190 g/mol. The van der Waals surface area contributed by atoms with Crippen LogP contribution in [0.2, 0.25) is 0 Å². The second-order valence-electron chi connectivity index (χ2n) is 4.26. The van der Waals surface area contributed by atoms with Crippen LogP contribution < -0.4 is 0 Å². The summed E-state index contributed by atoms with van der Waals surface area (Å²) in [5, 5.41) is 0. The van der Waals surface area contributed by atoms with E-state index in [1.165, 1.54) is 12.8 Å². The van der Waals surface area contributed by atoms with Crippen molar-refractivity contribution in [1.82, 2.24) is 4.90 Å². The van der Waals surface area contributed by atoms with Gasteiger partial charge in [-0.25, -0.2) is 0 Å². The zero-order valence-corrected chi connectivity index (χ0v) is 9.11. The number of rotatable bonds is 3. The molecule has 1 aromatic heterocycles. The first kappa shape index (κ1) is 10.3. The van der Waals surface area contributed by atoms with Crippen molar-refractivity contribution in [2.75, 3.05) is 7.05 Å². The summed E-state index contributed by atoms with van der Waals surface area (Å²) in [6.45, 7) is 0.586. The third kappa shape index (κ3) is 2.41. The van der Waals surface area contributed by atoms with Gasteiger partial charge in [-0.15, -0.1) is 0 Å². The average molecular weight is 207 g/mol. The van der Waals surface area contributed by atoms with Gasteiger partial charge in [0.15, 0.2) is 0 Å². The Morgan fingerprint density at radius 1 is 1.53 bits per heavy atom. The molecule has 0 N–H and O–H groups in total. The monoisotopic (exact) mass is 207 g/mol. The molecule has 0 radical (unpaired) electrons. The first-order chi connectivity index (χ1) is 7.27. The molecular formula is C12H17NO2. The predicted octanol–water partition coefficient (Wildman–Crippen LogP) is 2.43. The Bertz CT molecular complexity index is 312. The van der Waals surface area contributed by atoms with Gasteiger partial charge in [0.25, 0.3) is 0 Å². The lowest BCUT2D eigenvalue weighted by Gasteiger charge is -2.19. The highest BCUT2D eigenvalue weighted by Gasteiger charge is 2.25. The van der Waals surface area contributed by atoms with Gasteiger partial charge in [0.2, 0.25) is 5.91 Å². The molecule has 0 aliphatic heterocycles. The molecule has 0 saturated heterocycles. The van der Waals surface area contributed by atoms with E-state index in [0.29, 0.717) is 6.54 Å². The molecule has 15 heavy (non-hydrogen) atoms. The highest BCUT2D eigenvalue weighted by molar-refractivity contribution is 5.78. The standard InChI is InChI=1S/C12H17NO2/c1-13(9-11-7-4-8-15-11)12(14)10-5-2-3-6-10/h4,7-8,10H,2-3,5-6,9H2,1H3. The molecule has 1 heterocycles. The summed E-state index contributed by atoms with van der Waals surface area (Å²) >= 11 is 0. The lowest BCUT2D eigenvalue weighted by Crippen LogP contribution is -2.31. The number of nitrogens with zero attached hydrogens (tertiary/aromatic N) is 1. The van der Waals surface area contributed by atoms with Crippen molar-refractivity contribution < 1.29 is 9.21 Å². The van der Waals surface area contributed by atoms with Crippen molar-refractivity contribution in [2.24, 2.45) is 5.92 Å². The lowest BCUT2D eigenvalue weighted by molar-refractivity contribution is -0.134. The van der Waals surface area contributed by atoms with Crippen molar-refractivity contribution in [2.45, 2.75) is 32.2 Å². The summed E-state index contributed by atoms with van der Waals surface area (Å²) in [7, 11) is 1.85. The summed E-state index contributed by atoms with van der Waals surface area (Å²) < 4.78 is 5.22. The van der Waals surface area contributed by atoms with Crippen LogP contribution in [0.1, 0.15) is 31.4 Å². The van der Waals surface area contributed by atoms with E-state index in [9.17, 15) is 4.79 Å². The Morgan fingerprint density at radius 2 is 2.27 bits per heavy atom. The van der Waals surface area contributed by atoms with Gasteiger partial charge < -0.3 is 9.32 Å². The van der Waals surface area contributed by atoms with Crippen LogP contribution in [0, 0.1) is 5.92 Å². The van der Waals surface area contributed by atoms with Gasteiger partial charge >= 0.3 is 0 Å². The number of amides is 1. The van der Waals surface area contributed by atoms with E-state index in [2.05, 4.69) is 0 Å². The number of furan rings is 1. The minimum Gasteiger partial charge on any atom is -0.467 e. The zero-order valence-electron chi connectivity index (χ0n) is 9.11. The Hall–Kier alpha value is -1.25. The second-order valence-corrected chi connectivity index (χ2v) is 4.26. The summed E-state index contributed by atoms with van der Waals surface area (Å²) in [6.07, 6.45) is 6.15. The van der Waals surface area contributed by atoms with E-state index >= 15 is 0 Å². The van der Waals surface area contributed by atoms with Crippen LogP contribution in [0.3, 0.4) is 0 Å². The normalized spacial score (nSPS) is 16.9. The fraction of sp³-hybridized carbons (Fsp3) is 0.583. The molecule has 1 fully saturated rings. The molecule has 1 aliphatic carbocycles. The van der Waals surface area contributed by atoms with E-state index in [1.54, 1.807) is 11.2 Å². The van der Waals surface area contributed by atoms with Gasteiger partial charge in [0.05, 0.1) is 12.8 Å². The molecule has 1 saturated carbocycles. The Balaban J connectivity index is 1.89. The van der Waals surface area contributed by atoms with E-state index in [0.717, 1.165) is 18.6 Å². The van der Waals surface area contributed by atoms with E-state index in [1.807, 2.05) is 19.2 Å². The van der Waals surface area contributed by atoms with Crippen LogP contribution in [0.25, 0.3) is 0 Å². The number of carbonyl (C=O) groups excluding carboxylic acids is 1. The molecule has 0 aromatic carbocycles. The number of carbonyl (C=O) groups is 1. The molecule has 3 nitrogen and oxygen atoms in total. The Kier molecular flexibility index (Phi) is 3.09. The Morgan fingerprint density at radius 3 is 2.87 bits per heavy atom. The van der Waals surface area contributed by atoms with Gasteiger partial charge in [-0.05, 0) is 25.0 Å². The van der Waals surface area contributed by atoms with Crippen molar-refractivity contribution in [3.8, 4) is 0 Å². The molecule has 1 aliphatic rings. The molecule has 1 amide bonds. The number of hydrogen-bond donors (Lipinski definition) is 0. The average Bonchev–Trinajstić information content (AvgIpc) is 2.88. The molecule has 0 bridgehead atoms. The van der Waals surface area contributed by atoms with Crippen molar-refractivity contribution >= 4 is 5.91 Å². The Labute approximate surface area is 90.1 Å². The molecule has 0 unspecified atom stereocenters. The maximum absolute atomic E-state index is 12.0. The highest BCUT2D eigenvalue weighted by Crippen LogP contribution is 2.26. The van der Waals surface area contributed by atoms with Gasteiger partial charge in [0.1, 0.15) is 5.76 Å². The van der Waals surface area contributed by atoms with Crippen LogP contribution in [0.15, 0.2) is 22.8 Å². The second kappa shape index (κ2) is 4.51. The molecule has 2 rings (SSSR count). The van der Waals surface area contributed by atoms with Gasteiger partial charge in [-0.1, -0.05) is 12.8 Å². The van der Waals surface area contributed by atoms with Crippen molar-refractivity contribution in [3.05, 3.63) is 24.2 Å². The summed E-state index contributed by atoms with van der Waals surface area (Å²) in [6, 6.07) is 3.75. The summed E-state index contributed by atoms with van der Waals surface area (Å²) in [5.74, 6) is 1.37. The molecule has 1 aromatic rings. The molecule has 3 heteroatoms. The predicted molar refractivity (Wildman–Crippen MR) is 57.1 cm³/mol. The fourth-order valence-corrected chi connectivity index (χ4v) is 2.20. The van der Waals surface area contributed by atoms with E-state index in [-0.39, 0.29) is 11.8 Å². The van der Waals surface area contributed by atoms with E-state index in [4.69, 9.17) is 4.42 Å². The number of hydrogen-bond acceptors (Lipinski definition) is 2. The maximum atomic E-state index is 12.0. The largest absolute Gasteiger partial charge is 0.467 e. The SMILES string of the molecule is CN(Cc1ccco1)C(=O)C1CCCC1. The van der Waals surface area contributed by atoms with Gasteiger partial charge in [-0.3, -0.25) is 4.79 Å². The lowest BCUT2D eigenvalue weighted by atomic mass is 10.1. The van der Waals surface area contributed by atoms with Crippen LogP contribution >= 0.6 is 0 Å². The summed E-state index contributed by atoms with van der Waals surface area (Å²) in [5.41, 5.74) is 0. The first-order valence-corrected chi connectivity index (χ1v) is 5.55. The van der Waals surface area contributed by atoms with Gasteiger partial charge in [0, 0.05) is 13.0 Å². The minimum absolute atomic E-state index is 0.255. The third-order valence-corrected chi connectivity index (χ3v) is 3.05. The van der Waals surface area contributed by atoms with Crippen molar-refractivity contribution in [3.63, 3.8) is 0 Å². The van der Waals surface area contributed by atoms with Crippen molar-refractivity contribution in [1.29, 1.82) is 0 Å².